The van der Waals surface area contributed by atoms with E-state index in [1.807, 2.05) is 6.92 Å². The zero-order valence-electron chi connectivity index (χ0n) is 17.2. The van der Waals surface area contributed by atoms with Crippen molar-refractivity contribution in [1.82, 2.24) is 9.78 Å². The summed E-state index contributed by atoms with van der Waals surface area (Å²) in [6.07, 6.45) is 0.0418. The standard InChI is InChI=1S/C22H19ClN4O5/c1-12-11-26-19(17(10-24-26)25-22(30)31)21(29)27(12)15-6-3-13(4-7-15)20(28)14-5-8-16(23)18(9-14)32-2/h3-10,12,25H,11H2,1-2H3,(H,30,31)/t12-/m0/s1. The molecule has 9 nitrogen and oxygen atoms in total. The summed E-state index contributed by atoms with van der Waals surface area (Å²) in [7, 11) is 1.48. The Morgan fingerprint density at radius 2 is 1.88 bits per heavy atom. The number of anilines is 2. The second kappa shape index (κ2) is 8.35. The highest BCUT2D eigenvalue weighted by molar-refractivity contribution is 6.32. The van der Waals surface area contributed by atoms with Crippen LogP contribution < -0.4 is 15.0 Å². The van der Waals surface area contributed by atoms with Gasteiger partial charge in [-0.1, -0.05) is 11.6 Å². The molecule has 3 aromatic rings. The van der Waals surface area contributed by atoms with E-state index in [0.717, 1.165) is 0 Å². The number of nitrogens with zero attached hydrogens (tertiary/aromatic N) is 3. The number of carbonyl (C=O) groups excluding carboxylic acids is 2. The molecule has 2 heterocycles. The van der Waals surface area contributed by atoms with Crippen LogP contribution in [0.3, 0.4) is 0 Å². The molecule has 2 aromatic carbocycles. The molecule has 2 N–H and O–H groups in total. The molecule has 0 bridgehead atoms. The fourth-order valence-corrected chi connectivity index (χ4v) is 3.91. The molecule has 0 fully saturated rings. The van der Waals surface area contributed by atoms with Gasteiger partial charge in [-0.25, -0.2) is 4.79 Å². The van der Waals surface area contributed by atoms with Gasteiger partial charge >= 0.3 is 6.09 Å². The average molecular weight is 455 g/mol. The SMILES string of the molecule is COc1cc(C(=O)c2ccc(N3C(=O)c4c(NC(=O)O)cnn4C[C@@H]3C)cc2)ccc1Cl. The zero-order valence-corrected chi connectivity index (χ0v) is 18.0. The number of carbonyl (C=O) groups is 3. The minimum Gasteiger partial charge on any atom is -0.495 e. The van der Waals surface area contributed by atoms with Gasteiger partial charge < -0.3 is 14.7 Å². The maximum Gasteiger partial charge on any atom is 0.409 e. The molecule has 164 valence electrons. The molecule has 0 saturated heterocycles. The van der Waals surface area contributed by atoms with Crippen LogP contribution in [0.15, 0.2) is 48.7 Å². The molecule has 4 rings (SSSR count). The van der Waals surface area contributed by atoms with Crippen LogP contribution in [-0.4, -0.2) is 45.8 Å². The topological polar surface area (TPSA) is 114 Å². The number of halogens is 1. The second-order valence-corrected chi connectivity index (χ2v) is 7.68. The number of ketones is 1. The highest BCUT2D eigenvalue weighted by Gasteiger charge is 2.34. The van der Waals surface area contributed by atoms with Crippen LogP contribution >= 0.6 is 11.6 Å². The third kappa shape index (κ3) is 3.78. The van der Waals surface area contributed by atoms with Crippen LogP contribution in [0.25, 0.3) is 0 Å². The molecule has 32 heavy (non-hydrogen) atoms. The minimum absolute atomic E-state index is 0.128. The molecule has 1 atom stereocenters. The molecule has 0 unspecified atom stereocenters. The number of fused-ring (bicyclic) bond motifs is 1. The van der Waals surface area contributed by atoms with Crippen LogP contribution in [0.1, 0.15) is 33.3 Å². The number of nitrogens with one attached hydrogen (secondary N) is 1. The molecule has 1 aliphatic heterocycles. The van der Waals surface area contributed by atoms with Gasteiger partial charge in [-0.3, -0.25) is 19.6 Å². The van der Waals surface area contributed by atoms with Gasteiger partial charge in [0.15, 0.2) is 11.5 Å². The van der Waals surface area contributed by atoms with E-state index in [2.05, 4.69) is 10.4 Å². The molecule has 1 aliphatic rings. The normalized spacial score (nSPS) is 15.3. The highest BCUT2D eigenvalue weighted by atomic mass is 35.5. The van der Waals surface area contributed by atoms with Crippen molar-refractivity contribution in [1.29, 1.82) is 0 Å². The number of ether oxygens (including phenoxy) is 1. The Hall–Kier alpha value is -3.85. The number of amides is 2. The third-order valence-electron chi connectivity index (χ3n) is 5.20. The predicted octanol–water partition coefficient (Wildman–Crippen LogP) is 3.91. The van der Waals surface area contributed by atoms with Crippen molar-refractivity contribution < 1.29 is 24.2 Å². The number of hydrogen-bond acceptors (Lipinski definition) is 5. The summed E-state index contributed by atoms with van der Waals surface area (Å²) in [5.74, 6) is -0.189. The Labute approximate surface area is 188 Å². The van der Waals surface area contributed by atoms with Gasteiger partial charge in [0.2, 0.25) is 0 Å². The summed E-state index contributed by atoms with van der Waals surface area (Å²) in [6.45, 7) is 2.26. The number of hydrogen-bond donors (Lipinski definition) is 2. The lowest BCUT2D eigenvalue weighted by Crippen LogP contribution is -2.47. The van der Waals surface area contributed by atoms with Crippen LogP contribution in [-0.2, 0) is 6.54 Å². The lowest BCUT2D eigenvalue weighted by molar-refractivity contribution is 0.0947. The van der Waals surface area contributed by atoms with E-state index in [1.165, 1.54) is 18.0 Å². The first kappa shape index (κ1) is 21.4. The van der Waals surface area contributed by atoms with Gasteiger partial charge in [0.05, 0.1) is 36.6 Å². The zero-order chi connectivity index (χ0) is 23.0. The maximum absolute atomic E-state index is 13.2. The monoisotopic (exact) mass is 454 g/mol. The van der Waals surface area contributed by atoms with E-state index in [1.54, 1.807) is 47.4 Å². The van der Waals surface area contributed by atoms with E-state index in [-0.39, 0.29) is 29.1 Å². The van der Waals surface area contributed by atoms with Crippen molar-refractivity contribution in [2.75, 3.05) is 17.3 Å². The predicted molar refractivity (Wildman–Crippen MR) is 118 cm³/mol. The number of methoxy groups -OCH3 is 1. The maximum atomic E-state index is 13.2. The molecule has 1 aromatic heterocycles. The largest absolute Gasteiger partial charge is 0.495 e. The molecule has 0 spiro atoms. The minimum atomic E-state index is -1.28. The van der Waals surface area contributed by atoms with E-state index < -0.39 is 6.09 Å². The Morgan fingerprint density at radius 1 is 1.19 bits per heavy atom. The van der Waals surface area contributed by atoms with E-state index in [9.17, 15) is 14.4 Å². The number of carboxylic acid groups (broad SMARTS) is 1. The quantitative estimate of drug-likeness (QED) is 0.565. The Kier molecular flexibility index (Phi) is 5.58. The summed E-state index contributed by atoms with van der Waals surface area (Å²) < 4.78 is 6.66. The summed E-state index contributed by atoms with van der Waals surface area (Å²) in [5, 5.41) is 15.7. The number of benzene rings is 2. The fourth-order valence-electron chi connectivity index (χ4n) is 3.72. The van der Waals surface area contributed by atoms with Crippen molar-refractivity contribution in [3.8, 4) is 5.75 Å². The fraction of sp³-hybridized carbons (Fsp3) is 0.182. The molecular formula is C22H19ClN4O5. The smallest absolute Gasteiger partial charge is 0.409 e. The van der Waals surface area contributed by atoms with E-state index in [0.29, 0.717) is 34.1 Å². The van der Waals surface area contributed by atoms with Crippen molar-refractivity contribution in [3.05, 3.63) is 70.5 Å². The Balaban J connectivity index is 1.61. The molecule has 2 amide bonds. The van der Waals surface area contributed by atoms with Crippen molar-refractivity contribution in [3.63, 3.8) is 0 Å². The van der Waals surface area contributed by atoms with Gasteiger partial charge in [0.1, 0.15) is 5.75 Å². The van der Waals surface area contributed by atoms with Crippen molar-refractivity contribution in [2.24, 2.45) is 0 Å². The van der Waals surface area contributed by atoms with Crippen LogP contribution in [0.4, 0.5) is 16.2 Å². The summed E-state index contributed by atoms with van der Waals surface area (Å²) in [6, 6.07) is 11.2. The second-order valence-electron chi connectivity index (χ2n) is 7.27. The van der Waals surface area contributed by atoms with Crippen molar-refractivity contribution >= 4 is 40.8 Å². The summed E-state index contributed by atoms with van der Waals surface area (Å²) in [4.78, 5) is 38.6. The van der Waals surface area contributed by atoms with Gasteiger partial charge in [0.25, 0.3) is 5.91 Å². The van der Waals surface area contributed by atoms with Gasteiger partial charge in [-0.05, 0) is 49.4 Å². The van der Waals surface area contributed by atoms with Gasteiger partial charge in [-0.15, -0.1) is 0 Å². The van der Waals surface area contributed by atoms with Gasteiger partial charge in [0, 0.05) is 16.8 Å². The Morgan fingerprint density at radius 3 is 2.53 bits per heavy atom. The van der Waals surface area contributed by atoms with E-state index >= 15 is 0 Å². The molecule has 0 aliphatic carbocycles. The van der Waals surface area contributed by atoms with Crippen LogP contribution in [0.2, 0.25) is 5.02 Å². The number of aromatic nitrogens is 2. The first-order chi connectivity index (χ1) is 15.3. The lowest BCUT2D eigenvalue weighted by atomic mass is 10.0. The third-order valence-corrected chi connectivity index (χ3v) is 5.51. The van der Waals surface area contributed by atoms with Crippen LogP contribution in [0, 0.1) is 0 Å². The highest BCUT2D eigenvalue weighted by Crippen LogP contribution is 2.30. The first-order valence-electron chi connectivity index (χ1n) is 9.67. The van der Waals surface area contributed by atoms with Crippen LogP contribution in [0.5, 0.6) is 5.75 Å². The van der Waals surface area contributed by atoms with E-state index in [4.69, 9.17) is 21.4 Å². The first-order valence-corrected chi connectivity index (χ1v) is 10.1. The number of rotatable bonds is 5. The van der Waals surface area contributed by atoms with Crippen molar-refractivity contribution in [2.45, 2.75) is 19.5 Å². The molecular weight excluding hydrogens is 436 g/mol. The molecule has 0 radical (unpaired) electrons. The summed E-state index contributed by atoms with van der Waals surface area (Å²) in [5.41, 5.74) is 1.74. The average Bonchev–Trinajstić information content (AvgIpc) is 3.16. The van der Waals surface area contributed by atoms with Gasteiger partial charge in [-0.2, -0.15) is 5.10 Å². The molecule has 10 heteroatoms. The lowest BCUT2D eigenvalue weighted by Gasteiger charge is -2.34. The Bertz CT molecular complexity index is 1220. The molecule has 0 saturated carbocycles. The summed E-state index contributed by atoms with van der Waals surface area (Å²) >= 11 is 6.03.